The van der Waals surface area contributed by atoms with Gasteiger partial charge in [-0.15, -0.1) is 0 Å². The molecule has 35 heavy (non-hydrogen) atoms. The van der Waals surface area contributed by atoms with Gasteiger partial charge in [0.05, 0.1) is 6.61 Å². The van der Waals surface area contributed by atoms with E-state index >= 15 is 0 Å². The average molecular weight is 577 g/mol. The smallest absolute Gasteiger partial charge is 0.397 e. The molecule has 23 heteroatoms. The molecule has 0 aliphatic carbocycles. The Labute approximate surface area is 195 Å². The number of aliphatic hydroxyl groups is 4. The van der Waals surface area contributed by atoms with Crippen LogP contribution < -0.4 is 4.72 Å². The molecule has 0 radical (unpaired) electrons. The first-order chi connectivity index (χ1) is 15.7. The largest absolute Gasteiger partial charge is 0.475 e. The third-order valence-corrected chi connectivity index (χ3v) is 6.83. The molecule has 9 N–H and O–H groups in total. The molecule has 1 saturated heterocycles. The molecule has 8 atom stereocenters. The lowest BCUT2D eigenvalue weighted by atomic mass is 9.97. The van der Waals surface area contributed by atoms with E-state index in [1.165, 1.54) is 4.72 Å². The summed E-state index contributed by atoms with van der Waals surface area (Å²) in [5.41, 5.74) is 0. The highest BCUT2D eigenvalue weighted by molar-refractivity contribution is 7.87. The number of nitrogens with one attached hydrogen (secondary N) is 1. The van der Waals surface area contributed by atoms with Crippen LogP contribution >= 0.6 is 0 Å². The number of hydrogen-bond acceptors (Lipinski definition) is 15. The molecule has 0 amide bonds. The van der Waals surface area contributed by atoms with Crippen LogP contribution in [0.3, 0.4) is 0 Å². The van der Waals surface area contributed by atoms with Gasteiger partial charge in [0.2, 0.25) is 12.0 Å². The van der Waals surface area contributed by atoms with Crippen molar-refractivity contribution in [3.8, 4) is 0 Å². The van der Waals surface area contributed by atoms with Gasteiger partial charge < -0.3 is 39.7 Å². The van der Waals surface area contributed by atoms with Crippen molar-refractivity contribution in [1.82, 2.24) is 4.72 Å². The maximum Gasteiger partial charge on any atom is 0.397 e. The number of rotatable bonds is 9. The Kier molecular flexibility index (Phi) is 8.52. The van der Waals surface area contributed by atoms with Crippen molar-refractivity contribution in [2.75, 3.05) is 6.61 Å². The molecule has 1 unspecified atom stereocenters. The number of hydrogen-bond donors (Lipinski definition) is 9. The zero-order valence-corrected chi connectivity index (χ0v) is 19.1. The summed E-state index contributed by atoms with van der Waals surface area (Å²) in [6.45, 7) is -1.35. The van der Waals surface area contributed by atoms with Gasteiger partial charge in [-0.25, -0.2) is 8.98 Å². The Morgan fingerprint density at radius 2 is 1.66 bits per heavy atom. The Morgan fingerprint density at radius 1 is 1.09 bits per heavy atom. The van der Waals surface area contributed by atoms with Crippen LogP contribution in [-0.4, -0.2) is 125 Å². The van der Waals surface area contributed by atoms with Gasteiger partial charge in [-0.2, -0.15) is 30.0 Å². The van der Waals surface area contributed by atoms with E-state index < -0.39 is 97.1 Å². The fraction of sp³-hybridized carbons (Fsp3) is 0.750. The number of aliphatic carboxylic acids is 1. The van der Waals surface area contributed by atoms with Gasteiger partial charge >= 0.3 is 36.8 Å². The zero-order valence-electron chi connectivity index (χ0n) is 16.6. The van der Waals surface area contributed by atoms with Crippen LogP contribution in [0.25, 0.3) is 0 Å². The molecule has 2 aliphatic rings. The molecule has 0 bridgehead atoms. The van der Waals surface area contributed by atoms with E-state index in [0.29, 0.717) is 0 Å². The van der Waals surface area contributed by atoms with E-state index in [2.05, 4.69) is 8.92 Å². The molecule has 1 fully saturated rings. The molecule has 20 nitrogen and oxygen atoms in total. The first-order valence-electron chi connectivity index (χ1n) is 8.70. The van der Waals surface area contributed by atoms with Gasteiger partial charge in [0.25, 0.3) is 4.93 Å². The Morgan fingerprint density at radius 3 is 2.11 bits per heavy atom. The third-order valence-electron chi connectivity index (χ3n) is 4.57. The van der Waals surface area contributed by atoms with E-state index in [1.54, 1.807) is 0 Å². The summed E-state index contributed by atoms with van der Waals surface area (Å²) < 4.78 is 114. The van der Waals surface area contributed by atoms with Crippen LogP contribution in [0.15, 0.2) is 11.8 Å². The van der Waals surface area contributed by atoms with Crippen LogP contribution in [-0.2, 0) is 54.0 Å². The van der Waals surface area contributed by atoms with Crippen LogP contribution in [0.4, 0.5) is 0 Å². The summed E-state index contributed by atoms with van der Waals surface area (Å²) in [6.07, 6.45) is -14.9. The molecule has 0 saturated carbocycles. The van der Waals surface area contributed by atoms with Crippen LogP contribution in [0, 0.1) is 0 Å². The summed E-state index contributed by atoms with van der Waals surface area (Å²) >= 11 is 0. The van der Waals surface area contributed by atoms with Crippen LogP contribution in [0.2, 0.25) is 0 Å². The number of carboxylic acid groups (broad SMARTS) is 1. The molecule has 2 rings (SSSR count). The molecule has 2 heterocycles. The fourth-order valence-corrected chi connectivity index (χ4v) is 4.62. The monoisotopic (exact) mass is 577 g/mol. The standard InChI is InChI=1S/C12H19NO19S3/c14-5-1-3(9(16)17)31-11(12(5,19)33(20,21)22)32-8-4(2-29-35(26,27)28)30-10(18)6(7(8)15)13-34(23,24)25/h1,4-8,10-11,13-15,18-19H,2H2,(H,16,17)(H,20,21,22)(H,23,24,25)(H,26,27,28)/t4-,5+,6-,7-,8-,10?,11+,12+/m1/s1. The highest BCUT2D eigenvalue weighted by atomic mass is 32.3. The van der Waals surface area contributed by atoms with Crippen molar-refractivity contribution in [3.63, 3.8) is 0 Å². The molecule has 2 aliphatic heterocycles. The SMILES string of the molecule is O=C(O)C1=C[C@H](O)[C@](O)(S(=O)(=O)O)[C@H](O[C@H]2[C@H](O)[C@@H](NS(=O)(=O)O)C(O)O[C@@H]2COS(=O)(=O)O)O1. The summed E-state index contributed by atoms with van der Waals surface area (Å²) in [5.74, 6) is -3.21. The summed E-state index contributed by atoms with van der Waals surface area (Å²) in [7, 11) is -16.2. The number of carboxylic acids is 1. The van der Waals surface area contributed by atoms with Gasteiger partial charge in [-0.05, 0) is 6.08 Å². The number of carbonyl (C=O) groups is 1. The average Bonchev–Trinajstić information content (AvgIpc) is 2.66. The predicted molar refractivity (Wildman–Crippen MR) is 101 cm³/mol. The second-order valence-electron chi connectivity index (χ2n) is 6.94. The van der Waals surface area contributed by atoms with Crippen molar-refractivity contribution >= 4 is 36.8 Å². The highest BCUT2D eigenvalue weighted by Crippen LogP contribution is 2.36. The van der Waals surface area contributed by atoms with E-state index in [-0.39, 0.29) is 6.08 Å². The van der Waals surface area contributed by atoms with Gasteiger partial charge in [-0.1, -0.05) is 0 Å². The van der Waals surface area contributed by atoms with Gasteiger partial charge in [-0.3, -0.25) is 13.7 Å². The van der Waals surface area contributed by atoms with E-state index in [0.717, 1.165) is 0 Å². The first-order valence-corrected chi connectivity index (χ1v) is 12.9. The second-order valence-corrected chi connectivity index (χ2v) is 10.8. The molecule has 204 valence electrons. The van der Waals surface area contributed by atoms with Gasteiger partial charge in [0.15, 0.2) is 6.29 Å². The first kappa shape index (κ1) is 29.6. The maximum absolute atomic E-state index is 11.8. The molecule has 0 spiro atoms. The summed E-state index contributed by atoms with van der Waals surface area (Å²) in [4.78, 5) is 7.31. The summed E-state index contributed by atoms with van der Waals surface area (Å²) in [5, 5.41) is 49.9. The minimum absolute atomic E-state index is 0.148. The third kappa shape index (κ3) is 6.80. The van der Waals surface area contributed by atoms with E-state index in [4.69, 9.17) is 23.7 Å². The molecule has 0 aromatic carbocycles. The lowest BCUT2D eigenvalue weighted by molar-refractivity contribution is -0.311. The predicted octanol–water partition coefficient (Wildman–Crippen LogP) is -5.71. The summed E-state index contributed by atoms with van der Waals surface area (Å²) in [6, 6.07) is -2.25. The molecular weight excluding hydrogens is 558 g/mol. The molecular formula is C12H19NO19S3. The zero-order chi connectivity index (χ0) is 27.1. The Bertz CT molecular complexity index is 1160. The lowest BCUT2D eigenvalue weighted by Gasteiger charge is -2.45. The lowest BCUT2D eigenvalue weighted by Crippen LogP contribution is -2.68. The number of ether oxygens (including phenoxy) is 3. The molecule has 0 aromatic rings. The molecule has 0 aromatic heterocycles. The van der Waals surface area contributed by atoms with Crippen molar-refractivity contribution < 1.29 is 87.6 Å². The highest BCUT2D eigenvalue weighted by Gasteiger charge is 2.61. The maximum atomic E-state index is 11.8. The van der Waals surface area contributed by atoms with E-state index in [1.807, 2.05) is 0 Å². The second kappa shape index (κ2) is 10.1. The minimum Gasteiger partial charge on any atom is -0.475 e. The number of aliphatic hydroxyl groups excluding tert-OH is 3. The van der Waals surface area contributed by atoms with Crippen molar-refractivity contribution in [3.05, 3.63) is 11.8 Å². The van der Waals surface area contributed by atoms with Crippen molar-refractivity contribution in [2.45, 2.75) is 48.0 Å². The fourth-order valence-electron chi connectivity index (χ4n) is 2.99. The van der Waals surface area contributed by atoms with Crippen molar-refractivity contribution in [2.24, 2.45) is 0 Å². The van der Waals surface area contributed by atoms with E-state index in [9.17, 15) is 55.0 Å². The topological polar surface area (TPSA) is 330 Å². The Balaban J connectivity index is 2.53. The Hall–Kier alpha value is -1.58. The quantitative estimate of drug-likeness (QED) is 0.115. The minimum atomic E-state index is -5.82. The van der Waals surface area contributed by atoms with Gasteiger partial charge in [0, 0.05) is 0 Å². The van der Waals surface area contributed by atoms with Crippen LogP contribution in [0.1, 0.15) is 0 Å². The van der Waals surface area contributed by atoms with Crippen LogP contribution in [0.5, 0.6) is 0 Å². The normalized spacial score (nSPS) is 36.8. The van der Waals surface area contributed by atoms with Crippen molar-refractivity contribution in [1.29, 1.82) is 0 Å². The van der Waals surface area contributed by atoms with Gasteiger partial charge in [0.1, 0.15) is 30.5 Å².